The van der Waals surface area contributed by atoms with E-state index in [1.165, 1.54) is 24.3 Å². The number of halogens is 1. The molecule has 1 amide bonds. The predicted octanol–water partition coefficient (Wildman–Crippen LogP) is 4.28. The van der Waals surface area contributed by atoms with E-state index in [9.17, 15) is 17.6 Å². The minimum absolute atomic E-state index is 0.0514. The Labute approximate surface area is 169 Å². The third kappa shape index (κ3) is 5.00. The molecule has 0 heterocycles. The lowest BCUT2D eigenvalue weighted by molar-refractivity contribution is -0.114. The molecule has 150 valence electrons. The Balaban J connectivity index is 1.92. The van der Waals surface area contributed by atoms with Gasteiger partial charge in [-0.15, -0.1) is 0 Å². The quantitative estimate of drug-likeness (QED) is 0.657. The van der Waals surface area contributed by atoms with Crippen LogP contribution in [0.25, 0.3) is 0 Å². The maximum atomic E-state index is 13.3. The Bertz CT molecular complexity index is 1090. The summed E-state index contributed by atoms with van der Waals surface area (Å²) in [6, 6.07) is 18.5. The van der Waals surface area contributed by atoms with Crippen molar-refractivity contribution in [2.75, 3.05) is 16.2 Å². The molecule has 0 unspecified atom stereocenters. The molecule has 0 atom stereocenters. The zero-order valence-corrected chi connectivity index (χ0v) is 16.9. The third-order valence-corrected chi connectivity index (χ3v) is 6.13. The minimum Gasteiger partial charge on any atom is -0.325 e. The molecule has 3 aromatic carbocycles. The van der Waals surface area contributed by atoms with Gasteiger partial charge in [0.2, 0.25) is 5.91 Å². The molecule has 0 saturated heterocycles. The number of benzene rings is 3. The van der Waals surface area contributed by atoms with Crippen LogP contribution in [0.2, 0.25) is 0 Å². The van der Waals surface area contributed by atoms with Gasteiger partial charge in [-0.25, -0.2) is 12.8 Å². The van der Waals surface area contributed by atoms with Gasteiger partial charge in [0.15, 0.2) is 0 Å². The molecule has 0 saturated carbocycles. The number of carbonyl (C=O) groups excluding carboxylic acids is 1. The second kappa shape index (κ2) is 8.45. The van der Waals surface area contributed by atoms with Crippen molar-refractivity contribution < 1.29 is 17.6 Å². The number of nitrogens with zero attached hydrogens (tertiary/aromatic N) is 1. The van der Waals surface area contributed by atoms with Crippen LogP contribution in [0.3, 0.4) is 0 Å². The summed E-state index contributed by atoms with van der Waals surface area (Å²) < 4.78 is 40.7. The second-order valence-corrected chi connectivity index (χ2v) is 8.58. The van der Waals surface area contributed by atoms with Crippen LogP contribution in [0.15, 0.2) is 77.7 Å². The second-order valence-electron chi connectivity index (χ2n) is 6.72. The molecule has 29 heavy (non-hydrogen) atoms. The molecule has 3 rings (SSSR count). The number of anilines is 2. The van der Waals surface area contributed by atoms with Gasteiger partial charge in [-0.05, 0) is 62.4 Å². The van der Waals surface area contributed by atoms with Crippen molar-refractivity contribution in [2.24, 2.45) is 0 Å². The fourth-order valence-corrected chi connectivity index (χ4v) is 4.15. The molecule has 5 nitrogen and oxygen atoms in total. The van der Waals surface area contributed by atoms with Gasteiger partial charge >= 0.3 is 0 Å². The fraction of sp³-hybridized carbons (Fsp3) is 0.136. The molecule has 0 fully saturated rings. The van der Waals surface area contributed by atoms with Crippen LogP contribution >= 0.6 is 0 Å². The van der Waals surface area contributed by atoms with E-state index in [1.54, 1.807) is 24.3 Å². The minimum atomic E-state index is -4.03. The van der Waals surface area contributed by atoms with Crippen molar-refractivity contribution in [3.63, 3.8) is 0 Å². The lowest BCUT2D eigenvalue weighted by Crippen LogP contribution is -2.38. The highest BCUT2D eigenvalue weighted by Gasteiger charge is 2.27. The van der Waals surface area contributed by atoms with Gasteiger partial charge in [0.25, 0.3) is 10.0 Å². The normalized spacial score (nSPS) is 11.1. The van der Waals surface area contributed by atoms with Crippen LogP contribution in [-0.2, 0) is 14.8 Å². The summed E-state index contributed by atoms with van der Waals surface area (Å²) in [7, 11) is -4.03. The van der Waals surface area contributed by atoms with Gasteiger partial charge < -0.3 is 5.32 Å². The lowest BCUT2D eigenvalue weighted by atomic mass is 10.2. The first kappa shape index (κ1) is 20.5. The SMILES string of the molecule is Cc1ccc(NC(=O)CN(c2ccc(F)cc2)S(=O)(=O)c2ccc(C)cc2)cc1. The van der Waals surface area contributed by atoms with Crippen molar-refractivity contribution in [1.29, 1.82) is 0 Å². The molecule has 0 aliphatic carbocycles. The van der Waals surface area contributed by atoms with E-state index in [-0.39, 0.29) is 10.6 Å². The number of amides is 1. The highest BCUT2D eigenvalue weighted by Crippen LogP contribution is 2.24. The number of hydrogen-bond acceptors (Lipinski definition) is 3. The summed E-state index contributed by atoms with van der Waals surface area (Å²) in [6.45, 7) is 3.33. The van der Waals surface area contributed by atoms with Crippen molar-refractivity contribution in [3.8, 4) is 0 Å². The average molecular weight is 412 g/mol. The monoisotopic (exact) mass is 412 g/mol. The van der Waals surface area contributed by atoms with Crippen LogP contribution in [0.1, 0.15) is 11.1 Å². The zero-order valence-electron chi connectivity index (χ0n) is 16.1. The Morgan fingerprint density at radius 3 is 1.93 bits per heavy atom. The molecule has 3 aromatic rings. The summed E-state index contributed by atoms with van der Waals surface area (Å²) in [5, 5.41) is 2.69. The zero-order chi connectivity index (χ0) is 21.0. The standard InChI is InChI=1S/C22H21FN2O3S/c1-16-3-9-19(10-4-16)24-22(26)15-25(20-11-7-18(23)8-12-20)29(27,28)21-13-5-17(2)6-14-21/h3-14H,15H2,1-2H3,(H,24,26). The lowest BCUT2D eigenvalue weighted by Gasteiger charge is -2.24. The Morgan fingerprint density at radius 2 is 1.38 bits per heavy atom. The number of nitrogens with one attached hydrogen (secondary N) is 1. The summed E-state index contributed by atoms with van der Waals surface area (Å²) in [6.07, 6.45) is 0. The van der Waals surface area contributed by atoms with Crippen molar-refractivity contribution >= 4 is 27.3 Å². The summed E-state index contributed by atoms with van der Waals surface area (Å²) in [5.74, 6) is -1.00. The van der Waals surface area contributed by atoms with E-state index in [0.29, 0.717) is 5.69 Å². The van der Waals surface area contributed by atoms with E-state index in [0.717, 1.165) is 27.6 Å². The van der Waals surface area contributed by atoms with Crippen LogP contribution in [0.4, 0.5) is 15.8 Å². The number of sulfonamides is 1. The van der Waals surface area contributed by atoms with Crippen molar-refractivity contribution in [1.82, 2.24) is 0 Å². The first-order valence-electron chi connectivity index (χ1n) is 8.97. The van der Waals surface area contributed by atoms with Gasteiger partial charge in [-0.3, -0.25) is 9.10 Å². The fourth-order valence-electron chi connectivity index (χ4n) is 2.73. The van der Waals surface area contributed by atoms with Crippen LogP contribution in [0.5, 0.6) is 0 Å². The Kier molecular flexibility index (Phi) is 5.98. The number of rotatable bonds is 6. The number of hydrogen-bond donors (Lipinski definition) is 1. The third-order valence-electron chi connectivity index (χ3n) is 4.35. The summed E-state index contributed by atoms with van der Waals surface area (Å²) >= 11 is 0. The average Bonchev–Trinajstić information content (AvgIpc) is 2.69. The van der Waals surface area contributed by atoms with E-state index in [4.69, 9.17) is 0 Å². The van der Waals surface area contributed by atoms with E-state index in [1.807, 2.05) is 26.0 Å². The first-order chi connectivity index (χ1) is 13.8. The molecule has 0 radical (unpaired) electrons. The van der Waals surface area contributed by atoms with Crippen LogP contribution in [-0.4, -0.2) is 20.9 Å². The van der Waals surface area contributed by atoms with Gasteiger partial charge in [0.1, 0.15) is 12.4 Å². The smallest absolute Gasteiger partial charge is 0.264 e. The topological polar surface area (TPSA) is 66.5 Å². The maximum absolute atomic E-state index is 13.3. The first-order valence-corrected chi connectivity index (χ1v) is 10.4. The molecular weight excluding hydrogens is 391 g/mol. The highest BCUT2D eigenvalue weighted by atomic mass is 32.2. The van der Waals surface area contributed by atoms with E-state index >= 15 is 0 Å². The van der Waals surface area contributed by atoms with Crippen LogP contribution < -0.4 is 9.62 Å². The van der Waals surface area contributed by atoms with Crippen molar-refractivity contribution in [2.45, 2.75) is 18.7 Å². The van der Waals surface area contributed by atoms with E-state index in [2.05, 4.69) is 5.32 Å². The largest absolute Gasteiger partial charge is 0.325 e. The molecule has 0 bridgehead atoms. The molecule has 0 aliphatic rings. The van der Waals surface area contributed by atoms with Gasteiger partial charge in [-0.2, -0.15) is 0 Å². The Hall–Kier alpha value is -3.19. The van der Waals surface area contributed by atoms with E-state index < -0.39 is 28.3 Å². The molecule has 0 spiro atoms. The van der Waals surface area contributed by atoms with Crippen LogP contribution in [0, 0.1) is 19.7 Å². The molecule has 1 N–H and O–H groups in total. The summed E-state index contributed by atoms with van der Waals surface area (Å²) in [5.41, 5.74) is 2.71. The molecule has 0 aliphatic heterocycles. The summed E-state index contributed by atoms with van der Waals surface area (Å²) in [4.78, 5) is 12.6. The maximum Gasteiger partial charge on any atom is 0.264 e. The molecule has 0 aromatic heterocycles. The number of aryl methyl sites for hydroxylation is 2. The van der Waals surface area contributed by atoms with Crippen molar-refractivity contribution in [3.05, 3.63) is 89.7 Å². The van der Waals surface area contributed by atoms with Gasteiger partial charge in [-0.1, -0.05) is 35.4 Å². The Morgan fingerprint density at radius 1 is 0.862 bits per heavy atom. The van der Waals surface area contributed by atoms with Gasteiger partial charge in [0, 0.05) is 5.69 Å². The highest BCUT2D eigenvalue weighted by molar-refractivity contribution is 7.92. The van der Waals surface area contributed by atoms with Gasteiger partial charge in [0.05, 0.1) is 10.6 Å². The molecule has 7 heteroatoms. The predicted molar refractivity (Wildman–Crippen MR) is 112 cm³/mol. The number of carbonyl (C=O) groups is 1. The molecular formula is C22H21FN2O3S.